The van der Waals surface area contributed by atoms with Gasteiger partial charge in [-0.3, -0.25) is 4.79 Å². The van der Waals surface area contributed by atoms with Gasteiger partial charge in [0.1, 0.15) is 0 Å². The minimum atomic E-state index is -3.74. The standard InChI is InChI=1S/C16H10ClF2NO5/c17-11-4-2-1-3-10(11)15(22)23-8-14(21)20-9-5-6-12-13(7-9)25-16(18,19)24-12/h1-7H,8H2,(H,20,21). The van der Waals surface area contributed by atoms with E-state index < -0.39 is 24.8 Å². The highest BCUT2D eigenvalue weighted by molar-refractivity contribution is 6.33. The Bertz CT molecular complexity index is 843. The predicted octanol–water partition coefficient (Wildman–Crippen LogP) is 3.46. The van der Waals surface area contributed by atoms with Crippen LogP contribution in [0.15, 0.2) is 42.5 Å². The minimum absolute atomic E-state index is 0.127. The largest absolute Gasteiger partial charge is 0.586 e. The van der Waals surface area contributed by atoms with Gasteiger partial charge in [0.05, 0.1) is 10.6 Å². The number of rotatable bonds is 4. The van der Waals surface area contributed by atoms with Crippen molar-refractivity contribution in [1.82, 2.24) is 0 Å². The van der Waals surface area contributed by atoms with Crippen LogP contribution >= 0.6 is 11.6 Å². The van der Waals surface area contributed by atoms with E-state index in [9.17, 15) is 18.4 Å². The van der Waals surface area contributed by atoms with E-state index in [-0.39, 0.29) is 27.8 Å². The van der Waals surface area contributed by atoms with Crippen LogP contribution in [0.4, 0.5) is 14.5 Å². The van der Waals surface area contributed by atoms with Crippen LogP contribution in [0.2, 0.25) is 5.02 Å². The van der Waals surface area contributed by atoms with Crippen LogP contribution < -0.4 is 14.8 Å². The number of anilines is 1. The summed E-state index contributed by atoms with van der Waals surface area (Å²) in [5.41, 5.74) is 0.307. The molecule has 0 spiro atoms. The van der Waals surface area contributed by atoms with Crippen LogP contribution in [0.1, 0.15) is 10.4 Å². The summed E-state index contributed by atoms with van der Waals surface area (Å²) in [7, 11) is 0. The van der Waals surface area contributed by atoms with Crippen molar-refractivity contribution in [2.45, 2.75) is 6.29 Å². The van der Waals surface area contributed by atoms with E-state index in [4.69, 9.17) is 16.3 Å². The van der Waals surface area contributed by atoms with Gasteiger partial charge in [0.15, 0.2) is 18.1 Å². The molecule has 0 saturated carbocycles. The lowest BCUT2D eigenvalue weighted by Gasteiger charge is -2.08. The molecule has 1 heterocycles. The lowest BCUT2D eigenvalue weighted by Crippen LogP contribution is -2.25. The number of alkyl halides is 2. The van der Waals surface area contributed by atoms with E-state index >= 15 is 0 Å². The monoisotopic (exact) mass is 369 g/mol. The van der Waals surface area contributed by atoms with Crippen molar-refractivity contribution in [1.29, 1.82) is 0 Å². The second kappa shape index (κ2) is 6.56. The molecule has 0 fully saturated rings. The van der Waals surface area contributed by atoms with Crippen molar-refractivity contribution in [3.05, 3.63) is 53.1 Å². The van der Waals surface area contributed by atoms with E-state index in [1.807, 2.05) is 0 Å². The van der Waals surface area contributed by atoms with Gasteiger partial charge in [-0.2, -0.15) is 0 Å². The van der Waals surface area contributed by atoms with Crippen molar-refractivity contribution in [2.24, 2.45) is 0 Å². The molecule has 9 heteroatoms. The van der Waals surface area contributed by atoms with Crippen molar-refractivity contribution < 1.29 is 32.6 Å². The minimum Gasteiger partial charge on any atom is -0.452 e. The van der Waals surface area contributed by atoms with Crippen LogP contribution in [0.25, 0.3) is 0 Å². The zero-order valence-electron chi connectivity index (χ0n) is 12.4. The maximum absolute atomic E-state index is 12.9. The summed E-state index contributed by atoms with van der Waals surface area (Å²) in [6.45, 7) is -0.575. The highest BCUT2D eigenvalue weighted by Gasteiger charge is 2.43. The Morgan fingerprint density at radius 2 is 1.84 bits per heavy atom. The maximum Gasteiger partial charge on any atom is 0.586 e. The summed E-state index contributed by atoms with van der Waals surface area (Å²) < 4.78 is 39.2. The van der Waals surface area contributed by atoms with Crippen molar-refractivity contribution in [2.75, 3.05) is 11.9 Å². The number of nitrogens with one attached hydrogen (secondary N) is 1. The molecule has 130 valence electrons. The van der Waals surface area contributed by atoms with Crippen molar-refractivity contribution in [3.63, 3.8) is 0 Å². The molecule has 0 radical (unpaired) electrons. The number of carbonyl (C=O) groups excluding carboxylic acids is 2. The van der Waals surface area contributed by atoms with Gasteiger partial charge in [0.2, 0.25) is 0 Å². The summed E-state index contributed by atoms with van der Waals surface area (Å²) in [6.07, 6.45) is -3.74. The van der Waals surface area contributed by atoms with Crippen LogP contribution in [0.5, 0.6) is 11.5 Å². The predicted molar refractivity (Wildman–Crippen MR) is 83.0 cm³/mol. The molecular weight excluding hydrogens is 360 g/mol. The molecule has 0 bridgehead atoms. The first-order chi connectivity index (χ1) is 11.8. The third kappa shape index (κ3) is 3.97. The third-order valence-corrected chi connectivity index (χ3v) is 3.44. The number of carbonyl (C=O) groups is 2. The average Bonchev–Trinajstić information content (AvgIpc) is 2.86. The normalized spacial score (nSPS) is 14.0. The van der Waals surface area contributed by atoms with E-state index in [1.165, 1.54) is 30.3 Å². The van der Waals surface area contributed by atoms with Gasteiger partial charge < -0.3 is 19.5 Å². The fraction of sp³-hybridized carbons (Fsp3) is 0.125. The maximum atomic E-state index is 12.9. The summed E-state index contributed by atoms with van der Waals surface area (Å²) in [5, 5.41) is 2.59. The lowest BCUT2D eigenvalue weighted by atomic mass is 10.2. The van der Waals surface area contributed by atoms with Gasteiger partial charge in [-0.05, 0) is 24.3 Å². The molecule has 2 aromatic rings. The van der Waals surface area contributed by atoms with E-state index in [0.29, 0.717) is 0 Å². The molecule has 1 aliphatic rings. The summed E-state index contributed by atoms with van der Waals surface area (Å²) in [4.78, 5) is 23.7. The van der Waals surface area contributed by atoms with Gasteiger partial charge in [0.25, 0.3) is 5.91 Å². The molecule has 2 aromatic carbocycles. The number of hydrogen-bond acceptors (Lipinski definition) is 5. The second-order valence-corrected chi connectivity index (χ2v) is 5.34. The second-order valence-electron chi connectivity index (χ2n) is 4.93. The number of amides is 1. The molecule has 1 aliphatic heterocycles. The number of halogens is 3. The molecule has 3 rings (SSSR count). The third-order valence-electron chi connectivity index (χ3n) is 3.11. The van der Waals surface area contributed by atoms with Gasteiger partial charge in [-0.15, -0.1) is 8.78 Å². The SMILES string of the molecule is O=C(COC(=O)c1ccccc1Cl)Nc1ccc2c(c1)OC(F)(F)O2. The fourth-order valence-electron chi connectivity index (χ4n) is 2.06. The van der Waals surface area contributed by atoms with Gasteiger partial charge in [0, 0.05) is 11.8 Å². The Hall–Kier alpha value is -2.87. The number of hydrogen-bond donors (Lipinski definition) is 1. The summed E-state index contributed by atoms with van der Waals surface area (Å²) in [6, 6.07) is 9.96. The van der Waals surface area contributed by atoms with Gasteiger partial charge in [-0.25, -0.2) is 4.79 Å². The summed E-state index contributed by atoms with van der Waals surface area (Å²) >= 11 is 5.85. The topological polar surface area (TPSA) is 73.9 Å². The molecule has 25 heavy (non-hydrogen) atoms. The van der Waals surface area contributed by atoms with E-state index in [0.717, 1.165) is 0 Å². The molecule has 0 atom stereocenters. The number of ether oxygens (including phenoxy) is 3. The first-order valence-electron chi connectivity index (χ1n) is 6.95. The zero-order chi connectivity index (χ0) is 18.0. The Morgan fingerprint density at radius 3 is 2.60 bits per heavy atom. The molecular formula is C16H10ClF2NO5. The Labute approximate surface area is 145 Å². The molecule has 0 saturated heterocycles. The lowest BCUT2D eigenvalue weighted by molar-refractivity contribution is -0.286. The van der Waals surface area contributed by atoms with Crippen LogP contribution in [0, 0.1) is 0 Å². The van der Waals surface area contributed by atoms with Crippen LogP contribution in [-0.2, 0) is 9.53 Å². The number of esters is 1. The summed E-state index contributed by atoms with van der Waals surface area (Å²) in [5.74, 6) is -1.78. The van der Waals surface area contributed by atoms with E-state index in [1.54, 1.807) is 12.1 Å². The fourth-order valence-corrected chi connectivity index (χ4v) is 2.27. The van der Waals surface area contributed by atoms with Gasteiger partial charge >= 0.3 is 12.3 Å². The first kappa shape index (κ1) is 17.0. The molecule has 6 nitrogen and oxygen atoms in total. The Balaban J connectivity index is 1.57. The van der Waals surface area contributed by atoms with Crippen LogP contribution in [0.3, 0.4) is 0 Å². The van der Waals surface area contributed by atoms with Crippen molar-refractivity contribution in [3.8, 4) is 11.5 Å². The average molecular weight is 370 g/mol. The first-order valence-corrected chi connectivity index (χ1v) is 7.33. The highest BCUT2D eigenvalue weighted by atomic mass is 35.5. The molecule has 0 aromatic heterocycles. The Morgan fingerprint density at radius 1 is 1.12 bits per heavy atom. The number of fused-ring (bicyclic) bond motifs is 1. The molecule has 0 aliphatic carbocycles. The van der Waals surface area contributed by atoms with Crippen LogP contribution in [-0.4, -0.2) is 24.8 Å². The van der Waals surface area contributed by atoms with Gasteiger partial charge in [-0.1, -0.05) is 23.7 Å². The highest BCUT2D eigenvalue weighted by Crippen LogP contribution is 2.42. The zero-order valence-corrected chi connectivity index (χ0v) is 13.2. The Kier molecular flexibility index (Phi) is 4.45. The number of benzene rings is 2. The molecule has 1 N–H and O–H groups in total. The molecule has 1 amide bonds. The smallest absolute Gasteiger partial charge is 0.452 e. The van der Waals surface area contributed by atoms with E-state index in [2.05, 4.69) is 14.8 Å². The van der Waals surface area contributed by atoms with Crippen molar-refractivity contribution >= 4 is 29.2 Å². The molecule has 0 unspecified atom stereocenters. The quantitative estimate of drug-likeness (QED) is 0.835.